The van der Waals surface area contributed by atoms with Crippen molar-refractivity contribution in [2.75, 3.05) is 33.3 Å². The van der Waals surface area contributed by atoms with E-state index in [0.29, 0.717) is 5.02 Å². The van der Waals surface area contributed by atoms with Crippen LogP contribution in [0.25, 0.3) is 0 Å². The number of methoxy groups -OCH3 is 1. The van der Waals surface area contributed by atoms with Crippen LogP contribution in [0, 0.1) is 5.82 Å². The topological polar surface area (TPSA) is 32.8 Å². The number of halogens is 2. The third-order valence-electron chi connectivity index (χ3n) is 4.70. The van der Waals surface area contributed by atoms with Crippen molar-refractivity contribution in [2.45, 2.75) is 12.6 Å². The van der Waals surface area contributed by atoms with Gasteiger partial charge >= 0.3 is 5.97 Å². The molecule has 0 aliphatic carbocycles. The Balaban J connectivity index is 1.64. The second-order valence-corrected chi connectivity index (χ2v) is 6.85. The van der Waals surface area contributed by atoms with Gasteiger partial charge in [0.15, 0.2) is 0 Å². The molecule has 138 valence electrons. The molecule has 1 fully saturated rings. The number of hydrogen-bond acceptors (Lipinski definition) is 4. The number of esters is 1. The first kappa shape index (κ1) is 18.8. The summed E-state index contributed by atoms with van der Waals surface area (Å²) in [4.78, 5) is 16.8. The molecule has 2 aromatic rings. The minimum absolute atomic E-state index is 0.220. The Morgan fingerprint density at radius 3 is 2.27 bits per heavy atom. The SMILES string of the molecule is COC(=O)C(c1ccc(Cl)cc1)N1CCN(Cc2ccc(F)cc2)CC1. The Hall–Kier alpha value is -1.95. The third kappa shape index (κ3) is 4.61. The lowest BCUT2D eigenvalue weighted by Gasteiger charge is -2.38. The summed E-state index contributed by atoms with van der Waals surface area (Å²) >= 11 is 5.96. The van der Waals surface area contributed by atoms with Crippen LogP contribution in [-0.2, 0) is 16.1 Å². The van der Waals surface area contributed by atoms with E-state index in [2.05, 4.69) is 9.80 Å². The first-order valence-electron chi connectivity index (χ1n) is 8.61. The van der Waals surface area contributed by atoms with E-state index in [1.807, 2.05) is 24.3 Å². The first-order valence-corrected chi connectivity index (χ1v) is 8.99. The quantitative estimate of drug-likeness (QED) is 0.748. The highest BCUT2D eigenvalue weighted by Crippen LogP contribution is 2.25. The van der Waals surface area contributed by atoms with Crippen molar-refractivity contribution in [3.63, 3.8) is 0 Å². The summed E-state index contributed by atoms with van der Waals surface area (Å²) in [5.41, 5.74) is 1.97. The molecule has 1 saturated heterocycles. The molecule has 1 atom stereocenters. The van der Waals surface area contributed by atoms with Crippen LogP contribution in [0.15, 0.2) is 48.5 Å². The van der Waals surface area contributed by atoms with Gasteiger partial charge in [-0.1, -0.05) is 35.9 Å². The number of carbonyl (C=O) groups excluding carboxylic acids is 1. The summed E-state index contributed by atoms with van der Waals surface area (Å²) < 4.78 is 18.0. The highest BCUT2D eigenvalue weighted by Gasteiger charge is 2.31. The standard InChI is InChI=1S/C20H22ClFN2O2/c1-26-20(25)19(16-4-6-17(21)7-5-16)24-12-10-23(11-13-24)14-15-2-8-18(22)9-3-15/h2-9,19H,10-14H2,1H3. The minimum atomic E-state index is -0.426. The number of piperazine rings is 1. The molecule has 1 aliphatic heterocycles. The molecule has 2 aromatic carbocycles. The Kier molecular flexibility index (Phi) is 6.25. The van der Waals surface area contributed by atoms with Crippen molar-refractivity contribution in [3.05, 3.63) is 70.5 Å². The van der Waals surface area contributed by atoms with E-state index >= 15 is 0 Å². The maximum absolute atomic E-state index is 13.0. The van der Waals surface area contributed by atoms with Gasteiger partial charge in [-0.05, 0) is 35.4 Å². The fraction of sp³-hybridized carbons (Fsp3) is 0.350. The molecular weight excluding hydrogens is 355 g/mol. The molecule has 1 aliphatic rings. The molecular formula is C20H22ClFN2O2. The average Bonchev–Trinajstić information content (AvgIpc) is 2.66. The Bertz CT molecular complexity index is 728. The molecule has 6 heteroatoms. The van der Waals surface area contributed by atoms with Gasteiger partial charge in [0, 0.05) is 37.7 Å². The number of rotatable bonds is 5. The summed E-state index contributed by atoms with van der Waals surface area (Å²) in [6.07, 6.45) is 0. The summed E-state index contributed by atoms with van der Waals surface area (Å²) in [5.74, 6) is -0.484. The van der Waals surface area contributed by atoms with Crippen LogP contribution in [-0.4, -0.2) is 49.1 Å². The van der Waals surface area contributed by atoms with Crippen molar-refractivity contribution < 1.29 is 13.9 Å². The van der Waals surface area contributed by atoms with Crippen LogP contribution in [0.5, 0.6) is 0 Å². The van der Waals surface area contributed by atoms with Crippen molar-refractivity contribution in [1.29, 1.82) is 0 Å². The Morgan fingerprint density at radius 1 is 1.08 bits per heavy atom. The fourth-order valence-electron chi connectivity index (χ4n) is 3.28. The lowest BCUT2D eigenvalue weighted by molar-refractivity contribution is -0.148. The van der Waals surface area contributed by atoms with Gasteiger partial charge in [0.1, 0.15) is 11.9 Å². The fourth-order valence-corrected chi connectivity index (χ4v) is 3.41. The molecule has 4 nitrogen and oxygen atoms in total. The second-order valence-electron chi connectivity index (χ2n) is 6.42. The summed E-state index contributed by atoms with van der Waals surface area (Å²) in [7, 11) is 1.41. The Labute approximate surface area is 158 Å². The van der Waals surface area contributed by atoms with Crippen molar-refractivity contribution in [1.82, 2.24) is 9.80 Å². The molecule has 0 radical (unpaired) electrons. The molecule has 0 N–H and O–H groups in total. The van der Waals surface area contributed by atoms with E-state index in [4.69, 9.17) is 16.3 Å². The highest BCUT2D eigenvalue weighted by molar-refractivity contribution is 6.30. The number of ether oxygens (including phenoxy) is 1. The summed E-state index contributed by atoms with van der Waals surface area (Å²) in [5, 5.41) is 0.640. The lowest BCUT2D eigenvalue weighted by atomic mass is 10.0. The van der Waals surface area contributed by atoms with E-state index in [1.54, 1.807) is 12.1 Å². The molecule has 0 spiro atoms. The van der Waals surface area contributed by atoms with Crippen LogP contribution in [0.4, 0.5) is 4.39 Å². The van der Waals surface area contributed by atoms with Gasteiger partial charge in [-0.25, -0.2) is 9.18 Å². The van der Waals surface area contributed by atoms with Gasteiger partial charge in [0.2, 0.25) is 0 Å². The van der Waals surface area contributed by atoms with Crippen molar-refractivity contribution in [3.8, 4) is 0 Å². The van der Waals surface area contributed by atoms with E-state index in [1.165, 1.54) is 19.2 Å². The molecule has 3 rings (SSSR count). The lowest BCUT2D eigenvalue weighted by Crippen LogP contribution is -2.49. The highest BCUT2D eigenvalue weighted by atomic mass is 35.5. The van der Waals surface area contributed by atoms with E-state index in [9.17, 15) is 9.18 Å². The zero-order valence-electron chi connectivity index (χ0n) is 14.7. The largest absolute Gasteiger partial charge is 0.468 e. The van der Waals surface area contributed by atoms with E-state index in [0.717, 1.165) is 43.9 Å². The molecule has 1 unspecified atom stereocenters. The molecule has 1 heterocycles. The van der Waals surface area contributed by atoms with Crippen LogP contribution in [0.1, 0.15) is 17.2 Å². The molecule has 0 saturated carbocycles. The maximum atomic E-state index is 13.0. The zero-order valence-corrected chi connectivity index (χ0v) is 15.5. The van der Waals surface area contributed by atoms with Gasteiger partial charge in [0.25, 0.3) is 0 Å². The van der Waals surface area contributed by atoms with Crippen molar-refractivity contribution >= 4 is 17.6 Å². The van der Waals surface area contributed by atoms with Gasteiger partial charge in [0.05, 0.1) is 7.11 Å². The predicted molar refractivity (Wildman–Crippen MR) is 99.5 cm³/mol. The number of carbonyl (C=O) groups is 1. The van der Waals surface area contributed by atoms with Gasteiger partial charge in [-0.3, -0.25) is 9.80 Å². The minimum Gasteiger partial charge on any atom is -0.468 e. The van der Waals surface area contributed by atoms with Crippen molar-refractivity contribution in [2.24, 2.45) is 0 Å². The number of hydrogen-bond donors (Lipinski definition) is 0. The molecule has 0 bridgehead atoms. The predicted octanol–water partition coefficient (Wildman–Crippen LogP) is 3.51. The number of nitrogens with zero attached hydrogens (tertiary/aromatic N) is 2. The number of benzene rings is 2. The first-order chi connectivity index (χ1) is 12.6. The van der Waals surface area contributed by atoms with Crippen LogP contribution in [0.3, 0.4) is 0 Å². The monoisotopic (exact) mass is 376 g/mol. The molecule has 0 amide bonds. The third-order valence-corrected chi connectivity index (χ3v) is 4.95. The summed E-state index contributed by atoms with van der Waals surface area (Å²) in [6.45, 7) is 3.95. The molecule has 0 aromatic heterocycles. The summed E-state index contributed by atoms with van der Waals surface area (Å²) in [6, 6.07) is 13.5. The van der Waals surface area contributed by atoms with E-state index < -0.39 is 6.04 Å². The normalized spacial score (nSPS) is 17.0. The van der Waals surface area contributed by atoms with Gasteiger partial charge in [-0.2, -0.15) is 0 Å². The smallest absolute Gasteiger partial charge is 0.327 e. The van der Waals surface area contributed by atoms with Crippen LogP contribution >= 0.6 is 11.6 Å². The molecule has 26 heavy (non-hydrogen) atoms. The van der Waals surface area contributed by atoms with Crippen LogP contribution in [0.2, 0.25) is 5.02 Å². The van der Waals surface area contributed by atoms with Gasteiger partial charge < -0.3 is 4.74 Å². The Morgan fingerprint density at radius 2 is 1.69 bits per heavy atom. The van der Waals surface area contributed by atoms with E-state index in [-0.39, 0.29) is 11.8 Å². The zero-order chi connectivity index (χ0) is 18.5. The average molecular weight is 377 g/mol. The second kappa shape index (κ2) is 8.62. The maximum Gasteiger partial charge on any atom is 0.327 e. The van der Waals surface area contributed by atoms with Gasteiger partial charge in [-0.15, -0.1) is 0 Å². The van der Waals surface area contributed by atoms with Crippen LogP contribution < -0.4 is 0 Å².